The van der Waals surface area contributed by atoms with Gasteiger partial charge < -0.3 is 88.6 Å². The Bertz CT molecular complexity index is 3830. The van der Waals surface area contributed by atoms with E-state index in [1.165, 1.54) is 0 Å². The molecule has 21 nitrogen and oxygen atoms in total. The fraction of sp³-hybridized carbons (Fsp3) is 0.794. The van der Waals surface area contributed by atoms with Gasteiger partial charge >= 0.3 is 17.9 Å². The number of ether oxygens (including phenoxy) is 9. The Balaban J connectivity index is 0.570. The Labute approximate surface area is 731 Å². The predicted molar refractivity (Wildman–Crippen MR) is 464 cm³/mol. The van der Waals surface area contributed by atoms with Crippen LogP contribution in [-0.2, 0) is 47.9 Å². The second kappa shape index (κ2) is 36.1. The van der Waals surface area contributed by atoms with E-state index in [4.69, 9.17) is 42.6 Å². The van der Waals surface area contributed by atoms with Crippen molar-refractivity contribution in [3.63, 3.8) is 0 Å². The Morgan fingerprint density at radius 1 is 0.341 bits per heavy atom. The molecule has 33 atom stereocenters. The van der Waals surface area contributed by atoms with Gasteiger partial charge in [0.2, 0.25) is 0 Å². The summed E-state index contributed by atoms with van der Waals surface area (Å²) in [4.78, 5) is 41.3. The first-order valence-corrected chi connectivity index (χ1v) is 48.2. The topological polar surface area (TPSA) is 316 Å². The molecule has 3 aromatic rings. The van der Waals surface area contributed by atoms with Crippen molar-refractivity contribution in [3.05, 3.63) is 69.8 Å². The number of esters is 3. The summed E-state index contributed by atoms with van der Waals surface area (Å²) in [6.07, 6.45) is 19.1. The molecule has 0 radical (unpaired) electrons. The van der Waals surface area contributed by atoms with Crippen molar-refractivity contribution in [2.24, 2.45) is 139 Å². The minimum absolute atomic E-state index is 0.000205. The average molecular weight is 1710 g/mol. The third-order valence-electron chi connectivity index (χ3n) is 38.4. The summed E-state index contributed by atoms with van der Waals surface area (Å²) in [5.41, 5.74) is 4.25. The zero-order valence-corrected chi connectivity index (χ0v) is 75.9. The van der Waals surface area contributed by atoms with Gasteiger partial charge in [0.1, 0.15) is 0 Å². The van der Waals surface area contributed by atoms with E-state index in [-0.39, 0.29) is 197 Å². The highest BCUT2D eigenvalue weighted by Gasteiger charge is 2.70. The normalized spacial score (nSPS) is 41.3. The van der Waals surface area contributed by atoms with Crippen LogP contribution in [0.2, 0.25) is 0 Å². The standard InChI is InChI=1S/C102H150O21/c1-55(70-19-22-73-94-76(49-88(109)100(70,73)7)97(4)28-25-67(103)43-64(97)46-79(94)106)16-13-31-118-91(112)52-121-85-40-61-34-59-38-83(116-11)87(123-54-93(114)120-33-15-18-57(3)72-21-24-75-96-78(51-90(111)102(72,75)9)99(6)30-27-69(105)45-66(99)48-81(96)108)42-63(59)36-60-39-84(117-12)86(41-62(60)35-58(61)37-82(85)115-10)122-53-92(113)119-32-14-17-56(2)71-20-23-74-95-77(50-89(110)101(71,74)8)98(5)29-26-68(104)44-65(98)47-80(95)107/h37-42,55-57,64-81,88-90,94-96,103-111H,13-36,43-54H2,1-12H3/t55-,56-,57-,64+,65+,66+,67-,68-,69-,70-,71-,72-,73+,74+,75+,76+,77+,78+,79-,80-,81-,88+,89+,90+,94+,95+,96+,97+,98+,99+,100-,101-,102-/m1/s1. The van der Waals surface area contributed by atoms with Crippen LogP contribution < -0.4 is 28.4 Å². The Morgan fingerprint density at radius 2 is 0.593 bits per heavy atom. The lowest BCUT2D eigenvalue weighted by Crippen LogP contribution is -2.62. The third-order valence-corrected chi connectivity index (χ3v) is 38.4. The number of aliphatic hydroxyl groups is 9. The van der Waals surface area contributed by atoms with E-state index in [2.05, 4.69) is 62.3 Å². The van der Waals surface area contributed by atoms with Crippen LogP contribution in [0.5, 0.6) is 34.5 Å². The van der Waals surface area contributed by atoms with Gasteiger partial charge in [-0.25, -0.2) is 14.4 Å². The molecule has 0 heterocycles. The summed E-state index contributed by atoms with van der Waals surface area (Å²) in [7, 11) is 4.69. The summed E-state index contributed by atoms with van der Waals surface area (Å²) in [5, 5.41) is 104. The van der Waals surface area contributed by atoms with E-state index < -0.39 is 54.5 Å². The fourth-order valence-electron chi connectivity index (χ4n) is 31.7. The molecule has 0 amide bonds. The quantitative estimate of drug-likeness (QED) is 0.0152. The molecule has 21 heteroatoms. The minimum atomic E-state index is -0.524. The van der Waals surface area contributed by atoms with Crippen molar-refractivity contribution in [2.75, 3.05) is 61.0 Å². The second-order valence-corrected chi connectivity index (χ2v) is 43.8. The number of hydrogen-bond donors (Lipinski definition) is 9. The van der Waals surface area contributed by atoms with Crippen molar-refractivity contribution >= 4 is 17.9 Å². The molecule has 13 aliphatic carbocycles. The molecule has 12 fully saturated rings. The first-order valence-electron chi connectivity index (χ1n) is 48.2. The fourth-order valence-corrected chi connectivity index (χ4v) is 31.7. The number of aliphatic hydroxyl groups excluding tert-OH is 9. The summed E-state index contributed by atoms with van der Waals surface area (Å²) >= 11 is 0. The van der Waals surface area contributed by atoms with Crippen LogP contribution in [-0.4, -0.2) is 180 Å². The maximum atomic E-state index is 13.8. The first kappa shape index (κ1) is 90.8. The highest BCUT2D eigenvalue weighted by atomic mass is 16.6. The van der Waals surface area contributed by atoms with Gasteiger partial charge in [-0.15, -0.1) is 0 Å². The molecule has 0 spiro atoms. The van der Waals surface area contributed by atoms with Gasteiger partial charge in [0, 0.05) is 0 Å². The lowest BCUT2D eigenvalue weighted by atomic mass is 9.43. The largest absolute Gasteiger partial charge is 0.493 e. The number of rotatable bonds is 27. The number of fused-ring (bicyclic) bond motifs is 18. The Morgan fingerprint density at radius 3 is 0.846 bits per heavy atom. The summed E-state index contributed by atoms with van der Waals surface area (Å²) in [6.45, 7) is 20.2. The van der Waals surface area contributed by atoms with E-state index >= 15 is 0 Å². The van der Waals surface area contributed by atoms with Crippen molar-refractivity contribution in [1.29, 1.82) is 0 Å². The first-order chi connectivity index (χ1) is 58.7. The number of hydrogen-bond acceptors (Lipinski definition) is 21. The SMILES string of the molecule is COc1cc2c(cc1OCC(=O)OCCC[C@@H](C)[C@H]1CC[C@H]3[C@@H]4[C@H](O)C[C@@H]5C[C@H](O)CC[C@]5(C)[C@H]4C[C@H](O)[C@]13C)Cc1cc(OC)c(OCC(=O)OCCC[C@@H](C)[C@H]3CC[C@H]4[C@@H]5[C@H](O)C[C@@H]6C[C@H](O)CC[C@]6(C)[C@H]5C[C@H](O)[C@]34C)cc1Cc1cc(OC)c(OCC(=O)OCCC[C@@H](C)[C@H]3CC[C@H]4[C@@H]5[C@H](O)C[C@@H]6C[C@H](O)CC[C@]6(C)[C@H]5C[C@H](O)[C@]34C)cc1C2. The molecule has 16 rings (SSSR count). The van der Waals surface area contributed by atoms with Gasteiger partial charge in [-0.05, 0) is 401 Å². The van der Waals surface area contributed by atoms with Gasteiger partial charge in [0.25, 0.3) is 0 Å². The zero-order chi connectivity index (χ0) is 87.3. The molecule has 13 aliphatic rings. The molecule has 0 bridgehead atoms. The van der Waals surface area contributed by atoms with Crippen LogP contribution in [0.25, 0.3) is 0 Å². The molecule has 9 N–H and O–H groups in total. The maximum absolute atomic E-state index is 13.8. The summed E-state index contributed by atoms with van der Waals surface area (Å²) in [5.74, 6) is 4.66. The predicted octanol–water partition coefficient (Wildman–Crippen LogP) is 14.7. The third kappa shape index (κ3) is 16.6. The molecule has 12 saturated carbocycles. The van der Waals surface area contributed by atoms with E-state index in [0.29, 0.717) is 112 Å². The Kier molecular flexibility index (Phi) is 26.7. The highest BCUT2D eigenvalue weighted by Crippen LogP contribution is 2.73. The van der Waals surface area contributed by atoms with Crippen LogP contribution >= 0.6 is 0 Å². The number of carbonyl (C=O) groups is 3. The van der Waals surface area contributed by atoms with Crippen molar-refractivity contribution in [1.82, 2.24) is 0 Å². The molecule has 3 aromatic carbocycles. The van der Waals surface area contributed by atoms with Crippen LogP contribution in [0.15, 0.2) is 36.4 Å². The van der Waals surface area contributed by atoms with Crippen LogP contribution in [0, 0.1) is 139 Å². The van der Waals surface area contributed by atoms with E-state index in [9.17, 15) is 60.3 Å². The molecule has 0 aliphatic heterocycles. The molecule has 0 aromatic heterocycles. The average Bonchev–Trinajstić information content (AvgIpc) is 1.65. The molecule has 0 unspecified atom stereocenters. The maximum Gasteiger partial charge on any atom is 0.344 e. The second-order valence-electron chi connectivity index (χ2n) is 43.8. The Hall–Kier alpha value is -5.49. The number of benzene rings is 3. The number of carbonyl (C=O) groups excluding carboxylic acids is 3. The minimum Gasteiger partial charge on any atom is -0.493 e. The van der Waals surface area contributed by atoms with Crippen LogP contribution in [0.1, 0.15) is 269 Å². The molecular weight excluding hydrogens is 1560 g/mol. The lowest BCUT2D eigenvalue weighted by molar-refractivity contribution is -0.207. The van der Waals surface area contributed by atoms with Crippen molar-refractivity contribution < 1.29 is 103 Å². The summed E-state index contributed by atoms with van der Waals surface area (Å²) < 4.78 is 55.0. The molecule has 123 heavy (non-hydrogen) atoms. The van der Waals surface area contributed by atoms with Crippen LogP contribution in [0.3, 0.4) is 0 Å². The summed E-state index contributed by atoms with van der Waals surface area (Å²) in [6, 6.07) is 11.5. The van der Waals surface area contributed by atoms with Gasteiger partial charge in [-0.2, -0.15) is 0 Å². The van der Waals surface area contributed by atoms with Crippen LogP contribution in [0.4, 0.5) is 0 Å². The van der Waals surface area contributed by atoms with Crippen molar-refractivity contribution in [3.8, 4) is 34.5 Å². The van der Waals surface area contributed by atoms with Gasteiger partial charge in [-0.3, -0.25) is 0 Å². The van der Waals surface area contributed by atoms with Crippen molar-refractivity contribution in [2.45, 2.75) is 310 Å². The molecular formula is C102H150O21. The molecule has 684 valence electrons. The smallest absolute Gasteiger partial charge is 0.344 e. The zero-order valence-electron chi connectivity index (χ0n) is 75.9. The number of methoxy groups -OCH3 is 3. The van der Waals surface area contributed by atoms with E-state index in [1.54, 1.807) is 21.3 Å². The molecule has 0 saturated heterocycles. The van der Waals surface area contributed by atoms with E-state index in [0.717, 1.165) is 149 Å². The lowest BCUT2D eigenvalue weighted by Gasteiger charge is -2.63. The monoisotopic (exact) mass is 1710 g/mol. The van der Waals surface area contributed by atoms with E-state index in [1.807, 2.05) is 36.4 Å². The van der Waals surface area contributed by atoms with Gasteiger partial charge in [-0.1, -0.05) is 62.3 Å². The van der Waals surface area contributed by atoms with Gasteiger partial charge in [0.15, 0.2) is 54.3 Å². The highest BCUT2D eigenvalue weighted by molar-refractivity contribution is 5.72. The van der Waals surface area contributed by atoms with Gasteiger partial charge in [0.05, 0.1) is 96.1 Å².